The van der Waals surface area contributed by atoms with Gasteiger partial charge in [-0.15, -0.1) is 0 Å². The highest BCUT2D eigenvalue weighted by Crippen LogP contribution is 2.17. The van der Waals surface area contributed by atoms with Crippen LogP contribution in [0.3, 0.4) is 0 Å². The van der Waals surface area contributed by atoms with Crippen molar-refractivity contribution in [2.24, 2.45) is 0 Å². The standard InChI is InChI=1S/C23H20O/c1-3-7-22-15-18(9-11-20(22)5-1)13-14-24-17-19-10-12-21-6-2-4-8-23(21)16-19/h1-12,15-16H,13-14,17H2. The van der Waals surface area contributed by atoms with Crippen LogP contribution in [-0.2, 0) is 17.8 Å². The molecule has 0 saturated carbocycles. The highest BCUT2D eigenvalue weighted by Gasteiger charge is 1.99. The number of ether oxygens (including phenoxy) is 1. The van der Waals surface area contributed by atoms with E-state index < -0.39 is 0 Å². The summed E-state index contributed by atoms with van der Waals surface area (Å²) in [5.74, 6) is 0. The van der Waals surface area contributed by atoms with Gasteiger partial charge >= 0.3 is 0 Å². The Hall–Kier alpha value is -2.64. The van der Waals surface area contributed by atoms with E-state index in [2.05, 4.69) is 84.9 Å². The zero-order chi connectivity index (χ0) is 16.2. The second-order valence-electron chi connectivity index (χ2n) is 6.17. The predicted molar refractivity (Wildman–Crippen MR) is 101 cm³/mol. The smallest absolute Gasteiger partial charge is 0.0717 e. The molecule has 0 fully saturated rings. The lowest BCUT2D eigenvalue weighted by Crippen LogP contribution is -1.99. The first-order valence-corrected chi connectivity index (χ1v) is 8.42. The van der Waals surface area contributed by atoms with Crippen LogP contribution in [0.4, 0.5) is 0 Å². The molecule has 0 saturated heterocycles. The Kier molecular flexibility index (Phi) is 4.26. The van der Waals surface area contributed by atoms with Crippen LogP contribution in [0.5, 0.6) is 0 Å². The second-order valence-corrected chi connectivity index (χ2v) is 6.17. The van der Waals surface area contributed by atoms with Crippen LogP contribution in [0.15, 0.2) is 84.9 Å². The van der Waals surface area contributed by atoms with E-state index >= 15 is 0 Å². The van der Waals surface area contributed by atoms with E-state index in [-0.39, 0.29) is 0 Å². The van der Waals surface area contributed by atoms with Crippen molar-refractivity contribution in [3.05, 3.63) is 96.1 Å². The highest BCUT2D eigenvalue weighted by molar-refractivity contribution is 5.83. The van der Waals surface area contributed by atoms with E-state index in [0.717, 1.165) is 13.0 Å². The minimum absolute atomic E-state index is 0.665. The number of rotatable bonds is 5. The van der Waals surface area contributed by atoms with Crippen LogP contribution < -0.4 is 0 Å². The molecule has 4 aromatic carbocycles. The monoisotopic (exact) mass is 312 g/mol. The molecule has 0 amide bonds. The molecule has 0 spiro atoms. The van der Waals surface area contributed by atoms with E-state index in [1.165, 1.54) is 32.7 Å². The fourth-order valence-electron chi connectivity index (χ4n) is 3.10. The van der Waals surface area contributed by atoms with E-state index in [4.69, 9.17) is 4.74 Å². The summed E-state index contributed by atoms with van der Waals surface area (Å²) in [7, 11) is 0. The van der Waals surface area contributed by atoms with Gasteiger partial charge in [0.15, 0.2) is 0 Å². The molecule has 24 heavy (non-hydrogen) atoms. The Morgan fingerprint density at radius 2 is 1.08 bits per heavy atom. The summed E-state index contributed by atoms with van der Waals surface area (Å²) >= 11 is 0. The number of hydrogen-bond acceptors (Lipinski definition) is 1. The average Bonchev–Trinajstić information content (AvgIpc) is 2.65. The maximum Gasteiger partial charge on any atom is 0.0717 e. The van der Waals surface area contributed by atoms with Crippen molar-refractivity contribution >= 4 is 21.5 Å². The van der Waals surface area contributed by atoms with Crippen molar-refractivity contribution in [3.8, 4) is 0 Å². The fraction of sp³-hybridized carbons (Fsp3) is 0.130. The van der Waals surface area contributed by atoms with Gasteiger partial charge in [0.25, 0.3) is 0 Å². The summed E-state index contributed by atoms with van der Waals surface area (Å²) in [6, 6.07) is 30.1. The Bertz CT molecular complexity index is 890. The minimum Gasteiger partial charge on any atom is -0.376 e. The van der Waals surface area contributed by atoms with Crippen LogP contribution in [-0.4, -0.2) is 6.61 Å². The lowest BCUT2D eigenvalue weighted by molar-refractivity contribution is 0.124. The zero-order valence-corrected chi connectivity index (χ0v) is 13.6. The summed E-state index contributed by atoms with van der Waals surface area (Å²) < 4.78 is 5.88. The van der Waals surface area contributed by atoms with Gasteiger partial charge in [0.1, 0.15) is 0 Å². The summed E-state index contributed by atoms with van der Waals surface area (Å²) in [5, 5.41) is 5.13. The van der Waals surface area contributed by atoms with Gasteiger partial charge in [-0.25, -0.2) is 0 Å². The largest absolute Gasteiger partial charge is 0.376 e. The molecular formula is C23H20O. The van der Waals surface area contributed by atoms with E-state index in [9.17, 15) is 0 Å². The van der Waals surface area contributed by atoms with Crippen molar-refractivity contribution in [2.45, 2.75) is 13.0 Å². The van der Waals surface area contributed by atoms with E-state index in [1.807, 2.05) is 0 Å². The molecule has 0 bridgehead atoms. The number of fused-ring (bicyclic) bond motifs is 2. The maximum absolute atomic E-state index is 5.88. The van der Waals surface area contributed by atoms with Crippen molar-refractivity contribution in [3.63, 3.8) is 0 Å². The van der Waals surface area contributed by atoms with Gasteiger partial charge in [-0.3, -0.25) is 0 Å². The van der Waals surface area contributed by atoms with Crippen molar-refractivity contribution < 1.29 is 4.74 Å². The third-order valence-corrected chi connectivity index (χ3v) is 4.43. The lowest BCUT2D eigenvalue weighted by atomic mass is 10.1. The van der Waals surface area contributed by atoms with Gasteiger partial charge in [0.2, 0.25) is 0 Å². The molecule has 1 heteroatoms. The molecule has 0 aliphatic rings. The Morgan fingerprint density at radius 1 is 0.542 bits per heavy atom. The second kappa shape index (κ2) is 6.86. The van der Waals surface area contributed by atoms with Crippen molar-refractivity contribution in [1.29, 1.82) is 0 Å². The normalized spacial score (nSPS) is 11.2. The molecule has 4 aromatic rings. The van der Waals surface area contributed by atoms with Gasteiger partial charge in [-0.05, 0) is 45.2 Å². The van der Waals surface area contributed by atoms with E-state index in [0.29, 0.717) is 6.61 Å². The Morgan fingerprint density at radius 3 is 1.75 bits per heavy atom. The van der Waals surface area contributed by atoms with Gasteiger partial charge in [-0.1, -0.05) is 78.9 Å². The molecule has 1 nitrogen and oxygen atoms in total. The zero-order valence-electron chi connectivity index (χ0n) is 13.6. The Balaban J connectivity index is 1.36. The van der Waals surface area contributed by atoms with Crippen molar-refractivity contribution in [1.82, 2.24) is 0 Å². The maximum atomic E-state index is 5.88. The summed E-state index contributed by atoms with van der Waals surface area (Å²) in [6.45, 7) is 1.41. The molecule has 0 N–H and O–H groups in total. The molecule has 0 unspecified atom stereocenters. The van der Waals surface area contributed by atoms with Gasteiger partial charge < -0.3 is 4.74 Å². The molecule has 0 aliphatic carbocycles. The molecule has 0 heterocycles. The molecule has 118 valence electrons. The molecular weight excluding hydrogens is 292 g/mol. The third-order valence-electron chi connectivity index (χ3n) is 4.43. The minimum atomic E-state index is 0.665. The summed E-state index contributed by atoms with van der Waals surface area (Å²) in [5.41, 5.74) is 2.56. The van der Waals surface area contributed by atoms with Crippen LogP contribution in [0.2, 0.25) is 0 Å². The first kappa shape index (κ1) is 14.9. The SMILES string of the molecule is c1ccc2cc(CCOCc3ccc4ccccc4c3)ccc2c1. The Labute approximate surface area is 142 Å². The van der Waals surface area contributed by atoms with Crippen LogP contribution >= 0.6 is 0 Å². The topological polar surface area (TPSA) is 9.23 Å². The number of hydrogen-bond donors (Lipinski definition) is 0. The molecule has 0 aromatic heterocycles. The lowest BCUT2D eigenvalue weighted by Gasteiger charge is -2.07. The number of benzene rings is 4. The average molecular weight is 312 g/mol. The molecule has 4 rings (SSSR count). The van der Waals surface area contributed by atoms with Crippen LogP contribution in [0.1, 0.15) is 11.1 Å². The predicted octanol–water partition coefficient (Wildman–Crippen LogP) is 5.75. The summed E-state index contributed by atoms with van der Waals surface area (Å²) in [4.78, 5) is 0. The quantitative estimate of drug-likeness (QED) is 0.426. The summed E-state index contributed by atoms with van der Waals surface area (Å²) in [6.07, 6.45) is 0.943. The fourth-order valence-corrected chi connectivity index (χ4v) is 3.10. The highest BCUT2D eigenvalue weighted by atomic mass is 16.5. The first-order valence-electron chi connectivity index (χ1n) is 8.42. The molecule has 0 atom stereocenters. The van der Waals surface area contributed by atoms with Gasteiger partial charge in [0, 0.05) is 0 Å². The first-order chi connectivity index (χ1) is 11.9. The van der Waals surface area contributed by atoms with E-state index in [1.54, 1.807) is 0 Å². The molecule has 0 radical (unpaired) electrons. The van der Waals surface area contributed by atoms with Gasteiger partial charge in [-0.2, -0.15) is 0 Å². The van der Waals surface area contributed by atoms with Gasteiger partial charge in [0.05, 0.1) is 13.2 Å². The van der Waals surface area contributed by atoms with Crippen LogP contribution in [0.25, 0.3) is 21.5 Å². The third kappa shape index (κ3) is 3.32. The molecule has 0 aliphatic heterocycles. The van der Waals surface area contributed by atoms with Crippen molar-refractivity contribution in [2.75, 3.05) is 6.61 Å². The van der Waals surface area contributed by atoms with Crippen LogP contribution in [0, 0.1) is 0 Å².